The minimum atomic E-state index is -0.0233. The summed E-state index contributed by atoms with van der Waals surface area (Å²) >= 11 is 0. The van der Waals surface area contributed by atoms with Gasteiger partial charge in [0.2, 0.25) is 0 Å². The van der Waals surface area contributed by atoms with Crippen LogP contribution in [0, 0.1) is 12.1 Å². The van der Waals surface area contributed by atoms with Crippen LogP contribution in [0.2, 0.25) is 0 Å². The van der Waals surface area contributed by atoms with Gasteiger partial charge in [0.15, 0.2) is 0 Å². The third-order valence-corrected chi connectivity index (χ3v) is 8.68. The first-order valence-corrected chi connectivity index (χ1v) is 16.2. The second-order valence-electron chi connectivity index (χ2n) is 12.7. The predicted octanol–water partition coefficient (Wildman–Crippen LogP) is 9.85. The van der Waals surface area contributed by atoms with Crippen molar-refractivity contribution in [2.75, 3.05) is 7.11 Å². The standard InChI is InChI=1S/C41H38N4O2.Pt/c1-7-35-40(27-13-10-9-11-14-27)36(8-2)45(43-35)29-15-12-16-31(24-29)47-32-17-19-33-34-25-30(46-6)18-20-37(34)44(38(33)26-32)39-23-28(21-22-42-39)41(3,4)5;/h9-23,25H,7-8H2,1-6H3;/q-2;+2. The van der Waals surface area contributed by atoms with Crippen molar-refractivity contribution in [3.63, 3.8) is 0 Å². The molecule has 3 heterocycles. The number of aromatic nitrogens is 4. The summed E-state index contributed by atoms with van der Waals surface area (Å²) in [4.78, 5) is 4.81. The number of hydrogen-bond acceptors (Lipinski definition) is 4. The number of fused-ring (bicyclic) bond motifs is 3. The van der Waals surface area contributed by atoms with E-state index < -0.39 is 0 Å². The van der Waals surface area contributed by atoms with Crippen LogP contribution in [0.3, 0.4) is 0 Å². The van der Waals surface area contributed by atoms with Gasteiger partial charge in [-0.2, -0.15) is 17.2 Å². The summed E-state index contributed by atoms with van der Waals surface area (Å²) in [7, 11) is 1.69. The predicted molar refractivity (Wildman–Crippen MR) is 189 cm³/mol. The third kappa shape index (κ3) is 6.06. The van der Waals surface area contributed by atoms with Crippen molar-refractivity contribution in [2.45, 2.75) is 52.9 Å². The summed E-state index contributed by atoms with van der Waals surface area (Å²) in [5.41, 5.74) is 8.51. The molecule has 4 aromatic carbocycles. The Hall–Kier alpha value is -4.67. The molecule has 0 spiro atoms. The van der Waals surface area contributed by atoms with Crippen molar-refractivity contribution in [3.05, 3.63) is 126 Å². The molecule has 6 nitrogen and oxygen atoms in total. The minimum Gasteiger partial charge on any atom is -0.509 e. The molecular weight excluding hydrogens is 776 g/mol. The van der Waals surface area contributed by atoms with E-state index >= 15 is 0 Å². The molecule has 7 aromatic rings. The van der Waals surface area contributed by atoms with E-state index in [1.165, 1.54) is 16.7 Å². The van der Waals surface area contributed by atoms with Gasteiger partial charge in [-0.25, -0.2) is 4.98 Å². The molecule has 244 valence electrons. The van der Waals surface area contributed by atoms with Gasteiger partial charge in [-0.05, 0) is 70.8 Å². The normalized spacial score (nSPS) is 11.5. The van der Waals surface area contributed by atoms with Crippen molar-refractivity contribution >= 4 is 21.8 Å². The zero-order valence-corrected chi connectivity index (χ0v) is 30.3. The van der Waals surface area contributed by atoms with Gasteiger partial charge in [-0.15, -0.1) is 35.7 Å². The van der Waals surface area contributed by atoms with Crippen LogP contribution in [-0.4, -0.2) is 26.4 Å². The SMILES string of the molecule is CCc1nn(-c2[c-]c(Oc3[c-]c4c(cc3)c3cc(OC)ccc3n4-c3cc(C(C)(C)C)ccn3)ccc2)c(CC)c1-c1ccccc1.[Pt+2]. The smallest absolute Gasteiger partial charge is 0.509 e. The van der Waals surface area contributed by atoms with E-state index in [4.69, 9.17) is 19.6 Å². The number of pyridine rings is 1. The average molecular weight is 814 g/mol. The molecule has 0 aliphatic rings. The first-order valence-electron chi connectivity index (χ1n) is 16.2. The molecule has 0 fully saturated rings. The molecule has 7 rings (SSSR count). The Morgan fingerprint density at radius 1 is 0.792 bits per heavy atom. The number of hydrogen-bond donors (Lipinski definition) is 0. The van der Waals surface area contributed by atoms with Crippen LogP contribution in [0.15, 0.2) is 97.2 Å². The molecule has 0 unspecified atom stereocenters. The first kappa shape index (κ1) is 33.2. The van der Waals surface area contributed by atoms with Crippen molar-refractivity contribution in [3.8, 4) is 39.9 Å². The van der Waals surface area contributed by atoms with Gasteiger partial charge in [0.25, 0.3) is 0 Å². The monoisotopic (exact) mass is 813 g/mol. The van der Waals surface area contributed by atoms with Crippen LogP contribution < -0.4 is 9.47 Å². The summed E-state index contributed by atoms with van der Waals surface area (Å²) in [6.07, 6.45) is 3.55. The molecular formula is C41H38N4O2Pt. The van der Waals surface area contributed by atoms with Crippen molar-refractivity contribution < 1.29 is 30.5 Å². The molecule has 0 saturated heterocycles. The van der Waals surface area contributed by atoms with Crippen molar-refractivity contribution in [1.29, 1.82) is 0 Å². The van der Waals surface area contributed by atoms with Crippen LogP contribution in [0.5, 0.6) is 17.2 Å². The Bertz CT molecular complexity index is 2230. The van der Waals surface area contributed by atoms with Gasteiger partial charge < -0.3 is 14.0 Å². The molecule has 0 aliphatic carbocycles. The van der Waals surface area contributed by atoms with Crippen LogP contribution in [0.4, 0.5) is 0 Å². The maximum absolute atomic E-state index is 6.47. The summed E-state index contributed by atoms with van der Waals surface area (Å²) in [6, 6.07) is 37.9. The van der Waals surface area contributed by atoms with Crippen molar-refractivity contribution in [2.24, 2.45) is 0 Å². The number of ether oxygens (including phenoxy) is 2. The van der Waals surface area contributed by atoms with E-state index in [1.807, 2.05) is 47.3 Å². The quantitative estimate of drug-likeness (QED) is 0.144. The van der Waals surface area contributed by atoms with E-state index in [-0.39, 0.29) is 26.5 Å². The molecule has 0 radical (unpaired) electrons. The Kier molecular flexibility index (Phi) is 9.31. The molecule has 0 N–H and O–H groups in total. The van der Waals surface area contributed by atoms with Crippen LogP contribution in [0.1, 0.15) is 51.6 Å². The zero-order chi connectivity index (χ0) is 32.7. The largest absolute Gasteiger partial charge is 2.00 e. The van der Waals surface area contributed by atoms with E-state index in [0.717, 1.165) is 63.3 Å². The fourth-order valence-electron chi connectivity index (χ4n) is 6.29. The molecule has 0 bridgehead atoms. The number of methoxy groups -OCH3 is 1. The summed E-state index contributed by atoms with van der Waals surface area (Å²) in [5.74, 6) is 2.80. The topological polar surface area (TPSA) is 54.1 Å². The second-order valence-corrected chi connectivity index (χ2v) is 12.7. The van der Waals surface area contributed by atoms with Crippen molar-refractivity contribution in [1.82, 2.24) is 19.3 Å². The Balaban J connectivity index is 0.00000401. The number of rotatable bonds is 8. The molecule has 0 saturated carbocycles. The fourth-order valence-corrected chi connectivity index (χ4v) is 6.29. The Morgan fingerprint density at radius 3 is 2.31 bits per heavy atom. The number of aryl methyl sites for hydroxylation is 1. The first-order chi connectivity index (χ1) is 22.8. The van der Waals surface area contributed by atoms with E-state index in [1.54, 1.807) is 7.11 Å². The number of nitrogens with zero attached hydrogens (tertiary/aromatic N) is 4. The maximum Gasteiger partial charge on any atom is 2.00 e. The van der Waals surface area contributed by atoms with Crippen LogP contribution >= 0.6 is 0 Å². The van der Waals surface area contributed by atoms with Gasteiger partial charge >= 0.3 is 21.1 Å². The average Bonchev–Trinajstić information content (AvgIpc) is 3.63. The third-order valence-electron chi connectivity index (χ3n) is 8.68. The van der Waals surface area contributed by atoms with E-state index in [9.17, 15) is 0 Å². The van der Waals surface area contributed by atoms with Gasteiger partial charge in [-0.3, -0.25) is 4.68 Å². The molecule has 0 atom stereocenters. The molecule has 7 heteroatoms. The molecule has 0 aliphatic heterocycles. The minimum absolute atomic E-state index is 0. The fraction of sp³-hybridized carbons (Fsp3) is 0.220. The zero-order valence-electron chi connectivity index (χ0n) is 28.1. The van der Waals surface area contributed by atoms with Gasteiger partial charge in [0.1, 0.15) is 11.6 Å². The summed E-state index contributed by atoms with van der Waals surface area (Å²) in [6.45, 7) is 11.0. The Labute approximate surface area is 296 Å². The van der Waals surface area contributed by atoms with E-state index in [0.29, 0.717) is 11.5 Å². The van der Waals surface area contributed by atoms with Crippen LogP contribution in [-0.2, 0) is 39.3 Å². The molecule has 0 amide bonds. The summed E-state index contributed by atoms with van der Waals surface area (Å²) < 4.78 is 16.2. The second kappa shape index (κ2) is 13.4. The number of benzene rings is 4. The van der Waals surface area contributed by atoms with Gasteiger partial charge in [0, 0.05) is 34.5 Å². The van der Waals surface area contributed by atoms with Gasteiger partial charge in [0.05, 0.1) is 12.8 Å². The molecule has 48 heavy (non-hydrogen) atoms. The van der Waals surface area contributed by atoms with E-state index in [2.05, 4.69) is 106 Å². The maximum atomic E-state index is 6.47. The molecule has 3 aromatic heterocycles. The van der Waals surface area contributed by atoms with Gasteiger partial charge in [-0.1, -0.05) is 70.5 Å². The summed E-state index contributed by atoms with van der Waals surface area (Å²) in [5, 5.41) is 7.14. The Morgan fingerprint density at radius 2 is 1.58 bits per heavy atom. The van der Waals surface area contributed by atoms with Crippen LogP contribution in [0.25, 0.3) is 44.4 Å².